The van der Waals surface area contributed by atoms with Crippen molar-refractivity contribution in [3.63, 3.8) is 0 Å². The lowest BCUT2D eigenvalue weighted by Gasteiger charge is -2.10. The number of hydrogen-bond donors (Lipinski definition) is 2. The van der Waals surface area contributed by atoms with Gasteiger partial charge in [-0.15, -0.1) is 0 Å². The van der Waals surface area contributed by atoms with Crippen molar-refractivity contribution in [1.29, 1.82) is 0 Å². The highest BCUT2D eigenvalue weighted by Gasteiger charge is 2.29. The Bertz CT molecular complexity index is 595. The zero-order valence-corrected chi connectivity index (χ0v) is 9.91. The van der Waals surface area contributed by atoms with Gasteiger partial charge in [-0.3, -0.25) is 0 Å². The SMILES string of the molecule is NCC1c2cc(O)ccc2-c2c(Cl)cccc21. The van der Waals surface area contributed by atoms with Crippen LogP contribution in [0.15, 0.2) is 36.4 Å². The minimum Gasteiger partial charge on any atom is -0.508 e. The molecule has 0 heterocycles. The van der Waals surface area contributed by atoms with Crippen LogP contribution in [0.25, 0.3) is 11.1 Å². The number of phenolic OH excluding ortho intramolecular Hbond substituents is 1. The highest BCUT2D eigenvalue weighted by atomic mass is 35.5. The molecule has 0 spiro atoms. The van der Waals surface area contributed by atoms with E-state index in [1.807, 2.05) is 18.2 Å². The van der Waals surface area contributed by atoms with Gasteiger partial charge in [-0.25, -0.2) is 0 Å². The first-order chi connectivity index (χ1) is 8.22. The third-order valence-electron chi connectivity index (χ3n) is 3.34. The fourth-order valence-corrected chi connectivity index (χ4v) is 2.89. The minimum absolute atomic E-state index is 0.130. The van der Waals surface area contributed by atoms with Gasteiger partial charge >= 0.3 is 0 Å². The van der Waals surface area contributed by atoms with E-state index in [1.165, 1.54) is 0 Å². The summed E-state index contributed by atoms with van der Waals surface area (Å²) in [7, 11) is 0. The van der Waals surface area contributed by atoms with Gasteiger partial charge in [-0.2, -0.15) is 0 Å². The summed E-state index contributed by atoms with van der Waals surface area (Å²) in [5.74, 6) is 0.400. The van der Waals surface area contributed by atoms with Crippen molar-refractivity contribution < 1.29 is 5.11 Å². The van der Waals surface area contributed by atoms with Crippen LogP contribution in [0.3, 0.4) is 0 Å². The summed E-state index contributed by atoms with van der Waals surface area (Å²) in [6.07, 6.45) is 0. The molecule has 1 unspecified atom stereocenters. The number of fused-ring (bicyclic) bond motifs is 3. The summed E-state index contributed by atoms with van der Waals surface area (Å²) >= 11 is 6.26. The summed E-state index contributed by atoms with van der Waals surface area (Å²) in [4.78, 5) is 0. The fourth-order valence-electron chi connectivity index (χ4n) is 2.60. The summed E-state index contributed by atoms with van der Waals surface area (Å²) < 4.78 is 0. The van der Waals surface area contributed by atoms with Gasteiger partial charge in [0.1, 0.15) is 5.75 Å². The Kier molecular flexibility index (Phi) is 2.35. The predicted octanol–water partition coefficient (Wildman–Crippen LogP) is 3.12. The van der Waals surface area contributed by atoms with E-state index in [9.17, 15) is 5.11 Å². The number of phenols is 1. The summed E-state index contributed by atoms with van der Waals surface area (Å²) in [6.45, 7) is 0.518. The zero-order chi connectivity index (χ0) is 12.0. The smallest absolute Gasteiger partial charge is 0.115 e. The maximum Gasteiger partial charge on any atom is 0.115 e. The van der Waals surface area contributed by atoms with Crippen LogP contribution >= 0.6 is 11.6 Å². The van der Waals surface area contributed by atoms with Gasteiger partial charge in [-0.05, 0) is 34.9 Å². The Labute approximate surface area is 105 Å². The molecule has 0 amide bonds. The topological polar surface area (TPSA) is 46.2 Å². The van der Waals surface area contributed by atoms with Crippen LogP contribution in [0.4, 0.5) is 0 Å². The maximum atomic E-state index is 9.58. The summed E-state index contributed by atoms with van der Waals surface area (Å²) in [6, 6.07) is 11.3. The normalized spacial score (nSPS) is 16.7. The van der Waals surface area contributed by atoms with Crippen LogP contribution in [-0.4, -0.2) is 11.7 Å². The van der Waals surface area contributed by atoms with Crippen molar-refractivity contribution in [2.45, 2.75) is 5.92 Å². The van der Waals surface area contributed by atoms with Crippen LogP contribution in [0, 0.1) is 0 Å². The molecule has 0 radical (unpaired) electrons. The molecule has 2 aromatic rings. The molecule has 0 bridgehead atoms. The molecule has 3 N–H and O–H groups in total. The van der Waals surface area contributed by atoms with Crippen LogP contribution < -0.4 is 5.73 Å². The van der Waals surface area contributed by atoms with Gasteiger partial charge in [0, 0.05) is 23.0 Å². The highest BCUT2D eigenvalue weighted by molar-refractivity contribution is 6.33. The fraction of sp³-hybridized carbons (Fsp3) is 0.143. The van der Waals surface area contributed by atoms with Crippen LogP contribution in [0.1, 0.15) is 17.0 Å². The number of nitrogens with two attached hydrogens (primary N) is 1. The van der Waals surface area contributed by atoms with E-state index in [2.05, 4.69) is 6.07 Å². The number of aromatic hydroxyl groups is 1. The quantitative estimate of drug-likeness (QED) is 0.811. The number of benzene rings is 2. The Balaban J connectivity index is 2.34. The van der Waals surface area contributed by atoms with E-state index in [-0.39, 0.29) is 11.7 Å². The average Bonchev–Trinajstić information content (AvgIpc) is 2.63. The molecule has 2 aromatic carbocycles. The van der Waals surface area contributed by atoms with Gasteiger partial charge in [0.2, 0.25) is 0 Å². The lowest BCUT2D eigenvalue weighted by atomic mass is 9.97. The van der Waals surface area contributed by atoms with Crippen molar-refractivity contribution in [1.82, 2.24) is 0 Å². The third-order valence-corrected chi connectivity index (χ3v) is 3.65. The lowest BCUT2D eigenvalue weighted by molar-refractivity contribution is 0.474. The van der Waals surface area contributed by atoms with Gasteiger partial charge in [0.25, 0.3) is 0 Å². The number of halogens is 1. The van der Waals surface area contributed by atoms with Crippen LogP contribution in [0.5, 0.6) is 5.75 Å². The Morgan fingerprint density at radius 3 is 2.76 bits per heavy atom. The standard InChI is InChI=1S/C14H12ClNO/c15-13-3-1-2-9-12(7-16)11-6-8(17)4-5-10(11)14(9)13/h1-6,12,17H,7,16H2. The molecule has 2 nitrogen and oxygen atoms in total. The monoisotopic (exact) mass is 245 g/mol. The Hall–Kier alpha value is -1.51. The van der Waals surface area contributed by atoms with Crippen LogP contribution in [-0.2, 0) is 0 Å². The van der Waals surface area contributed by atoms with Gasteiger partial charge in [0.05, 0.1) is 0 Å². The molecule has 0 aliphatic heterocycles. The van der Waals surface area contributed by atoms with E-state index >= 15 is 0 Å². The Morgan fingerprint density at radius 2 is 2.00 bits per heavy atom. The van der Waals surface area contributed by atoms with Gasteiger partial charge < -0.3 is 10.8 Å². The molecule has 17 heavy (non-hydrogen) atoms. The van der Waals surface area contributed by atoms with Crippen molar-refractivity contribution >= 4 is 11.6 Å². The zero-order valence-electron chi connectivity index (χ0n) is 9.15. The first kappa shape index (κ1) is 10.6. The molecule has 0 saturated carbocycles. The van der Waals surface area contributed by atoms with E-state index < -0.39 is 0 Å². The number of rotatable bonds is 1. The Morgan fingerprint density at radius 1 is 1.18 bits per heavy atom. The molecule has 86 valence electrons. The predicted molar refractivity (Wildman–Crippen MR) is 69.5 cm³/mol. The second-order valence-electron chi connectivity index (χ2n) is 4.26. The first-order valence-electron chi connectivity index (χ1n) is 5.54. The average molecular weight is 246 g/mol. The molecule has 1 aliphatic carbocycles. The minimum atomic E-state index is 0.130. The van der Waals surface area contributed by atoms with Crippen LogP contribution in [0.2, 0.25) is 5.02 Å². The first-order valence-corrected chi connectivity index (χ1v) is 5.92. The molecule has 0 saturated heterocycles. The second kappa shape index (κ2) is 3.76. The van der Waals surface area contributed by atoms with E-state index in [4.69, 9.17) is 17.3 Å². The van der Waals surface area contributed by atoms with E-state index in [0.29, 0.717) is 6.54 Å². The van der Waals surface area contributed by atoms with E-state index in [1.54, 1.807) is 12.1 Å². The second-order valence-corrected chi connectivity index (χ2v) is 4.67. The van der Waals surface area contributed by atoms with Crippen molar-refractivity contribution in [3.8, 4) is 16.9 Å². The number of hydrogen-bond acceptors (Lipinski definition) is 2. The third kappa shape index (κ3) is 1.45. The molecule has 3 rings (SSSR count). The van der Waals surface area contributed by atoms with Crippen molar-refractivity contribution in [2.24, 2.45) is 5.73 Å². The summed E-state index contributed by atoms with van der Waals surface area (Å²) in [5.41, 5.74) is 10.2. The lowest BCUT2D eigenvalue weighted by Crippen LogP contribution is -2.11. The largest absolute Gasteiger partial charge is 0.508 e. The highest BCUT2D eigenvalue weighted by Crippen LogP contribution is 2.48. The molecule has 3 heteroatoms. The van der Waals surface area contributed by atoms with Gasteiger partial charge in [-0.1, -0.05) is 29.8 Å². The molecule has 1 aliphatic rings. The summed E-state index contributed by atoms with van der Waals surface area (Å²) in [5, 5.41) is 10.3. The molecular formula is C14H12ClNO. The molecular weight excluding hydrogens is 234 g/mol. The van der Waals surface area contributed by atoms with Crippen molar-refractivity contribution in [3.05, 3.63) is 52.5 Å². The molecule has 0 fully saturated rings. The maximum absolute atomic E-state index is 9.58. The molecule has 0 aromatic heterocycles. The van der Waals surface area contributed by atoms with Gasteiger partial charge in [0.15, 0.2) is 0 Å². The van der Waals surface area contributed by atoms with Crippen molar-refractivity contribution in [2.75, 3.05) is 6.54 Å². The molecule has 1 atom stereocenters. The van der Waals surface area contributed by atoms with E-state index in [0.717, 1.165) is 27.3 Å².